The second-order valence-corrected chi connectivity index (χ2v) is 9.34. The van der Waals surface area contributed by atoms with Gasteiger partial charge in [0, 0.05) is 33.4 Å². The highest BCUT2D eigenvalue weighted by atomic mass is 79.9. The number of fused-ring (bicyclic) bond motifs is 1. The number of hydrogen-bond acceptors (Lipinski definition) is 7. The lowest BCUT2D eigenvalue weighted by atomic mass is 10.0. The van der Waals surface area contributed by atoms with Crippen LogP contribution in [0.25, 0.3) is 28.2 Å². The van der Waals surface area contributed by atoms with Crippen LogP contribution in [-0.4, -0.2) is 32.7 Å². The van der Waals surface area contributed by atoms with E-state index in [1.54, 1.807) is 49.5 Å². The summed E-state index contributed by atoms with van der Waals surface area (Å²) in [5.74, 6) is 1.87. The summed E-state index contributed by atoms with van der Waals surface area (Å²) in [5, 5.41) is 21.5. The highest BCUT2D eigenvalue weighted by Crippen LogP contribution is 2.37. The van der Waals surface area contributed by atoms with Gasteiger partial charge < -0.3 is 14.3 Å². The summed E-state index contributed by atoms with van der Waals surface area (Å²) in [6, 6.07) is 15.7. The summed E-state index contributed by atoms with van der Waals surface area (Å²) in [5.41, 5.74) is 3.98. The predicted octanol–water partition coefficient (Wildman–Crippen LogP) is 7.01. The summed E-state index contributed by atoms with van der Waals surface area (Å²) in [6.45, 7) is 3.52. The van der Waals surface area contributed by atoms with Crippen molar-refractivity contribution in [1.82, 2.24) is 9.38 Å². The number of nitrogens with zero attached hydrogens (tertiary/aromatic N) is 4. The topological polar surface area (TPSA) is 115 Å². The van der Waals surface area contributed by atoms with Gasteiger partial charge in [-0.25, -0.2) is 9.98 Å². The van der Waals surface area contributed by atoms with Crippen LogP contribution in [0.4, 0.5) is 11.5 Å². The average molecular weight is 561 g/mol. The van der Waals surface area contributed by atoms with E-state index in [0.717, 1.165) is 10.0 Å². The van der Waals surface area contributed by atoms with Crippen LogP contribution in [0.2, 0.25) is 0 Å². The lowest BCUT2D eigenvalue weighted by Gasteiger charge is -2.06. The standard InChI is InChI=1S/C27H21BrN4O5/c1-15-10-20(16(2)21(11-15)32(34)35)23-8-6-19(37-23)13-29-27-26(17-4-7-22(33)24(12-17)36-3)30-25-9-5-18(28)14-31(25)27/h4-14,33H,1-3H3. The summed E-state index contributed by atoms with van der Waals surface area (Å²) < 4.78 is 14.0. The fraction of sp³-hybridized carbons (Fsp3) is 0.111. The first-order valence-electron chi connectivity index (χ1n) is 11.2. The van der Waals surface area contributed by atoms with Crippen LogP contribution in [0.15, 0.2) is 74.7 Å². The van der Waals surface area contributed by atoms with E-state index in [4.69, 9.17) is 19.1 Å². The SMILES string of the molecule is COc1cc(-c2nc3ccc(Br)cn3c2N=Cc2ccc(-c3cc(C)cc([N+](=O)[O-])c3C)o2)ccc1O. The van der Waals surface area contributed by atoms with Gasteiger partial charge in [-0.15, -0.1) is 0 Å². The van der Waals surface area contributed by atoms with E-state index in [1.165, 1.54) is 7.11 Å². The van der Waals surface area contributed by atoms with Crippen molar-refractivity contribution in [2.75, 3.05) is 7.11 Å². The molecule has 37 heavy (non-hydrogen) atoms. The van der Waals surface area contributed by atoms with Gasteiger partial charge in [-0.2, -0.15) is 0 Å². The molecule has 5 rings (SSSR count). The van der Waals surface area contributed by atoms with Crippen LogP contribution < -0.4 is 4.74 Å². The van der Waals surface area contributed by atoms with Crippen molar-refractivity contribution in [3.63, 3.8) is 0 Å². The second kappa shape index (κ2) is 9.55. The normalized spacial score (nSPS) is 11.5. The molecule has 2 aromatic carbocycles. The van der Waals surface area contributed by atoms with Crippen LogP contribution in [0, 0.1) is 24.0 Å². The summed E-state index contributed by atoms with van der Waals surface area (Å²) in [7, 11) is 1.48. The van der Waals surface area contributed by atoms with Crippen molar-refractivity contribution < 1.29 is 19.2 Å². The van der Waals surface area contributed by atoms with Crippen LogP contribution >= 0.6 is 15.9 Å². The molecule has 0 amide bonds. The average Bonchev–Trinajstić information content (AvgIpc) is 3.48. The number of hydrogen-bond donors (Lipinski definition) is 1. The molecule has 0 spiro atoms. The maximum absolute atomic E-state index is 11.5. The number of furan rings is 1. The van der Waals surface area contributed by atoms with Gasteiger partial charge in [0.1, 0.15) is 22.9 Å². The van der Waals surface area contributed by atoms with E-state index < -0.39 is 0 Å². The number of ether oxygens (including phenoxy) is 1. The van der Waals surface area contributed by atoms with Gasteiger partial charge in [0.05, 0.1) is 18.2 Å². The molecule has 0 unspecified atom stereocenters. The molecular formula is C27H21BrN4O5. The van der Waals surface area contributed by atoms with E-state index in [1.807, 2.05) is 35.7 Å². The molecule has 0 atom stereocenters. The summed E-state index contributed by atoms with van der Waals surface area (Å²) >= 11 is 3.50. The molecule has 1 N–H and O–H groups in total. The maximum atomic E-state index is 11.5. The van der Waals surface area contributed by atoms with Crippen LogP contribution in [0.3, 0.4) is 0 Å². The molecule has 0 saturated heterocycles. The third-order valence-corrected chi connectivity index (χ3v) is 6.41. The lowest BCUT2D eigenvalue weighted by Crippen LogP contribution is -1.95. The Morgan fingerprint density at radius 3 is 2.73 bits per heavy atom. The number of aromatic hydroxyl groups is 1. The zero-order valence-corrected chi connectivity index (χ0v) is 21.7. The van der Waals surface area contributed by atoms with E-state index in [0.29, 0.717) is 51.1 Å². The zero-order valence-electron chi connectivity index (χ0n) is 20.1. The van der Waals surface area contributed by atoms with Crippen LogP contribution in [-0.2, 0) is 0 Å². The number of pyridine rings is 1. The molecule has 186 valence electrons. The van der Waals surface area contributed by atoms with E-state index in [2.05, 4.69) is 15.9 Å². The number of phenols is 1. The minimum absolute atomic E-state index is 0.0256. The molecule has 9 nitrogen and oxygen atoms in total. The smallest absolute Gasteiger partial charge is 0.273 e. The Morgan fingerprint density at radius 1 is 1.16 bits per heavy atom. The van der Waals surface area contributed by atoms with Gasteiger partial charge in [0.2, 0.25) is 0 Å². The van der Waals surface area contributed by atoms with E-state index >= 15 is 0 Å². The summed E-state index contributed by atoms with van der Waals surface area (Å²) in [6.07, 6.45) is 3.44. The molecule has 0 aliphatic carbocycles. The number of benzene rings is 2. The molecule has 3 aromatic heterocycles. The number of aromatic nitrogens is 2. The quantitative estimate of drug-likeness (QED) is 0.135. The van der Waals surface area contributed by atoms with Crippen molar-refractivity contribution in [3.05, 3.63) is 92.3 Å². The number of phenolic OH excluding ortho intramolecular Hbond substituents is 1. The first-order valence-corrected chi connectivity index (χ1v) is 12.0. The van der Waals surface area contributed by atoms with Gasteiger partial charge in [-0.1, -0.05) is 0 Å². The molecule has 0 saturated carbocycles. The summed E-state index contributed by atoms with van der Waals surface area (Å²) in [4.78, 5) is 20.5. The molecule has 0 fully saturated rings. The van der Waals surface area contributed by atoms with Crippen LogP contribution in [0.5, 0.6) is 11.5 Å². The van der Waals surface area contributed by atoms with Gasteiger partial charge in [-0.3, -0.25) is 14.5 Å². The fourth-order valence-electron chi connectivity index (χ4n) is 4.13. The number of methoxy groups -OCH3 is 1. The Morgan fingerprint density at radius 2 is 1.97 bits per heavy atom. The first kappa shape index (κ1) is 24.3. The Balaban J connectivity index is 1.58. The molecule has 3 heterocycles. The Hall–Kier alpha value is -4.44. The predicted molar refractivity (Wildman–Crippen MR) is 144 cm³/mol. The van der Waals surface area contributed by atoms with Gasteiger partial charge in [0.25, 0.3) is 5.69 Å². The maximum Gasteiger partial charge on any atom is 0.273 e. The highest BCUT2D eigenvalue weighted by molar-refractivity contribution is 9.10. The first-order chi connectivity index (χ1) is 17.7. The molecule has 0 bridgehead atoms. The molecule has 5 aromatic rings. The number of imidazole rings is 1. The van der Waals surface area contributed by atoms with E-state index in [9.17, 15) is 15.2 Å². The van der Waals surface area contributed by atoms with Gasteiger partial charge in [-0.05, 0) is 83.9 Å². The van der Waals surface area contributed by atoms with Crippen molar-refractivity contribution in [2.24, 2.45) is 4.99 Å². The largest absolute Gasteiger partial charge is 0.504 e. The fourth-order valence-corrected chi connectivity index (χ4v) is 4.46. The Labute approximate surface area is 220 Å². The third-order valence-electron chi connectivity index (χ3n) is 5.94. The number of nitro groups is 1. The molecule has 0 aliphatic heterocycles. The van der Waals surface area contributed by atoms with Gasteiger partial charge in [0.15, 0.2) is 17.3 Å². The molecular weight excluding hydrogens is 540 g/mol. The minimum Gasteiger partial charge on any atom is -0.504 e. The van der Waals surface area contributed by atoms with Crippen molar-refractivity contribution in [2.45, 2.75) is 13.8 Å². The van der Waals surface area contributed by atoms with Crippen molar-refractivity contribution in [1.29, 1.82) is 0 Å². The number of rotatable bonds is 6. The van der Waals surface area contributed by atoms with Crippen LogP contribution in [0.1, 0.15) is 16.9 Å². The second-order valence-electron chi connectivity index (χ2n) is 8.42. The number of halogens is 1. The number of aryl methyl sites for hydroxylation is 1. The lowest BCUT2D eigenvalue weighted by molar-refractivity contribution is -0.385. The molecule has 10 heteroatoms. The number of aliphatic imine (C=N–C) groups is 1. The molecule has 0 radical (unpaired) electrons. The zero-order chi connectivity index (χ0) is 26.3. The van der Waals surface area contributed by atoms with Crippen molar-refractivity contribution in [3.8, 4) is 34.1 Å². The minimum atomic E-state index is -0.389. The monoisotopic (exact) mass is 560 g/mol. The third kappa shape index (κ3) is 4.58. The van der Waals surface area contributed by atoms with Gasteiger partial charge >= 0.3 is 0 Å². The Bertz CT molecular complexity index is 1700. The Kier molecular flexibility index (Phi) is 6.26. The van der Waals surface area contributed by atoms with E-state index in [-0.39, 0.29) is 16.4 Å². The van der Waals surface area contributed by atoms with Crippen molar-refractivity contribution >= 4 is 39.3 Å². The molecule has 0 aliphatic rings. The highest BCUT2D eigenvalue weighted by Gasteiger charge is 2.19. The number of nitro benzene ring substituents is 1.